The SMILES string of the molecule is C=C(C(C)C)N1CCC(C)(C)C1C. The predicted molar refractivity (Wildman–Crippen MR) is 58.5 cm³/mol. The number of nitrogens with zero attached hydrogens (tertiary/aromatic N) is 1. The first kappa shape index (κ1) is 10.6. The Morgan fingerprint density at radius 2 is 2.00 bits per heavy atom. The summed E-state index contributed by atoms with van der Waals surface area (Å²) in [6.07, 6.45) is 1.29. The second-order valence-corrected chi connectivity index (χ2v) is 5.25. The van der Waals surface area contributed by atoms with E-state index >= 15 is 0 Å². The Balaban J connectivity index is 2.71. The van der Waals surface area contributed by atoms with Crippen LogP contribution in [0.3, 0.4) is 0 Å². The van der Waals surface area contributed by atoms with Crippen molar-refractivity contribution in [2.75, 3.05) is 6.54 Å². The van der Waals surface area contributed by atoms with Gasteiger partial charge in [-0.25, -0.2) is 0 Å². The van der Waals surface area contributed by atoms with E-state index in [1.807, 2.05) is 0 Å². The van der Waals surface area contributed by atoms with E-state index in [0.717, 1.165) is 0 Å². The molecule has 0 aromatic rings. The Kier molecular flexibility index (Phi) is 2.74. The van der Waals surface area contributed by atoms with Crippen LogP contribution in [-0.4, -0.2) is 17.5 Å². The highest BCUT2D eigenvalue weighted by Crippen LogP contribution is 2.38. The van der Waals surface area contributed by atoms with Gasteiger partial charge in [-0.2, -0.15) is 0 Å². The second-order valence-electron chi connectivity index (χ2n) is 5.25. The van der Waals surface area contributed by atoms with Crippen LogP contribution >= 0.6 is 0 Å². The number of hydrogen-bond acceptors (Lipinski definition) is 1. The highest BCUT2D eigenvalue weighted by molar-refractivity contribution is 5.05. The average molecular weight is 181 g/mol. The fraction of sp³-hybridized carbons (Fsp3) is 0.833. The van der Waals surface area contributed by atoms with Gasteiger partial charge in [-0.3, -0.25) is 0 Å². The minimum absolute atomic E-state index is 0.456. The topological polar surface area (TPSA) is 3.24 Å². The van der Waals surface area contributed by atoms with Crippen molar-refractivity contribution in [2.24, 2.45) is 11.3 Å². The molecule has 0 aliphatic carbocycles. The molecule has 1 unspecified atom stereocenters. The molecule has 1 saturated heterocycles. The number of hydrogen-bond donors (Lipinski definition) is 0. The molecule has 1 atom stereocenters. The van der Waals surface area contributed by atoms with Gasteiger partial charge in [-0.15, -0.1) is 0 Å². The molecule has 0 amide bonds. The summed E-state index contributed by atoms with van der Waals surface area (Å²) in [5.41, 5.74) is 1.76. The molecule has 0 aromatic carbocycles. The summed E-state index contributed by atoms with van der Waals surface area (Å²) in [7, 11) is 0. The second kappa shape index (κ2) is 3.36. The van der Waals surface area contributed by atoms with Gasteiger partial charge in [0.15, 0.2) is 0 Å². The smallest absolute Gasteiger partial charge is 0.0310 e. The standard InChI is InChI=1S/C12H23N/c1-9(2)10(3)13-8-7-12(5,6)11(13)4/h9,11H,3,7-8H2,1-2,4-6H3. The lowest BCUT2D eigenvalue weighted by Crippen LogP contribution is -2.34. The summed E-state index contributed by atoms with van der Waals surface area (Å²) in [5, 5.41) is 0. The van der Waals surface area contributed by atoms with E-state index in [4.69, 9.17) is 0 Å². The van der Waals surface area contributed by atoms with Gasteiger partial charge in [0.25, 0.3) is 0 Å². The van der Waals surface area contributed by atoms with Crippen molar-refractivity contribution in [3.63, 3.8) is 0 Å². The van der Waals surface area contributed by atoms with Crippen LogP contribution in [0, 0.1) is 11.3 Å². The molecule has 1 fully saturated rings. The largest absolute Gasteiger partial charge is 0.372 e. The Morgan fingerprint density at radius 1 is 1.46 bits per heavy atom. The van der Waals surface area contributed by atoms with Gasteiger partial charge in [0.2, 0.25) is 0 Å². The Labute approximate surface area is 82.8 Å². The van der Waals surface area contributed by atoms with E-state index in [1.54, 1.807) is 0 Å². The fourth-order valence-electron chi connectivity index (χ4n) is 1.96. The molecule has 1 nitrogen and oxygen atoms in total. The highest BCUT2D eigenvalue weighted by Gasteiger charge is 2.37. The minimum atomic E-state index is 0.456. The van der Waals surface area contributed by atoms with Crippen LogP contribution < -0.4 is 0 Å². The van der Waals surface area contributed by atoms with Crippen LogP contribution in [0.15, 0.2) is 12.3 Å². The molecule has 76 valence electrons. The van der Waals surface area contributed by atoms with Gasteiger partial charge >= 0.3 is 0 Å². The van der Waals surface area contributed by atoms with Crippen molar-refractivity contribution in [2.45, 2.75) is 47.1 Å². The van der Waals surface area contributed by atoms with Gasteiger partial charge in [-0.1, -0.05) is 34.3 Å². The highest BCUT2D eigenvalue weighted by atomic mass is 15.2. The van der Waals surface area contributed by atoms with E-state index in [2.05, 4.69) is 46.1 Å². The Hall–Kier alpha value is -0.460. The van der Waals surface area contributed by atoms with Crippen molar-refractivity contribution in [1.29, 1.82) is 0 Å². The van der Waals surface area contributed by atoms with Gasteiger partial charge in [-0.05, 0) is 24.7 Å². The maximum atomic E-state index is 4.18. The zero-order valence-corrected chi connectivity index (χ0v) is 9.72. The third-order valence-corrected chi connectivity index (χ3v) is 3.63. The van der Waals surface area contributed by atoms with Crippen LogP contribution in [0.1, 0.15) is 41.0 Å². The monoisotopic (exact) mass is 181 g/mol. The quantitative estimate of drug-likeness (QED) is 0.632. The number of allylic oxidation sites excluding steroid dienone is 1. The van der Waals surface area contributed by atoms with Crippen molar-refractivity contribution < 1.29 is 0 Å². The third kappa shape index (κ3) is 1.90. The van der Waals surface area contributed by atoms with Crippen LogP contribution in [0.25, 0.3) is 0 Å². The first-order valence-corrected chi connectivity index (χ1v) is 5.31. The molecule has 0 saturated carbocycles. The predicted octanol–water partition coefficient (Wildman–Crippen LogP) is 3.28. The Bertz CT molecular complexity index is 203. The van der Waals surface area contributed by atoms with Crippen molar-refractivity contribution in [3.05, 3.63) is 12.3 Å². The van der Waals surface area contributed by atoms with E-state index in [9.17, 15) is 0 Å². The Morgan fingerprint density at radius 3 is 2.31 bits per heavy atom. The van der Waals surface area contributed by atoms with Gasteiger partial charge in [0.05, 0.1) is 0 Å². The average Bonchev–Trinajstić information content (AvgIpc) is 2.27. The first-order chi connectivity index (χ1) is 5.86. The molecule has 1 aliphatic heterocycles. The summed E-state index contributed by atoms with van der Waals surface area (Å²) in [6.45, 7) is 16.8. The van der Waals surface area contributed by atoms with Gasteiger partial charge in [0.1, 0.15) is 0 Å². The molecule has 0 radical (unpaired) electrons. The van der Waals surface area contributed by atoms with Crippen LogP contribution in [0.5, 0.6) is 0 Å². The van der Waals surface area contributed by atoms with Crippen molar-refractivity contribution in [3.8, 4) is 0 Å². The molecule has 1 heterocycles. The molecule has 0 spiro atoms. The summed E-state index contributed by atoms with van der Waals surface area (Å²) in [5.74, 6) is 0.580. The van der Waals surface area contributed by atoms with Crippen LogP contribution in [-0.2, 0) is 0 Å². The summed E-state index contributed by atoms with van der Waals surface area (Å²) in [6, 6.07) is 0.641. The lowest BCUT2D eigenvalue weighted by molar-refractivity contribution is 0.225. The fourth-order valence-corrected chi connectivity index (χ4v) is 1.96. The first-order valence-electron chi connectivity index (χ1n) is 5.31. The van der Waals surface area contributed by atoms with Crippen LogP contribution in [0.2, 0.25) is 0 Å². The third-order valence-electron chi connectivity index (χ3n) is 3.63. The molecule has 0 bridgehead atoms. The number of rotatable bonds is 2. The molecular formula is C12H23N. The van der Waals surface area contributed by atoms with E-state index in [0.29, 0.717) is 17.4 Å². The maximum absolute atomic E-state index is 4.18. The normalized spacial score (nSPS) is 26.9. The van der Waals surface area contributed by atoms with E-state index in [1.165, 1.54) is 18.7 Å². The zero-order valence-electron chi connectivity index (χ0n) is 9.72. The van der Waals surface area contributed by atoms with Crippen molar-refractivity contribution >= 4 is 0 Å². The van der Waals surface area contributed by atoms with Crippen LogP contribution in [0.4, 0.5) is 0 Å². The van der Waals surface area contributed by atoms with E-state index < -0.39 is 0 Å². The molecule has 0 N–H and O–H groups in total. The molecule has 13 heavy (non-hydrogen) atoms. The molecular weight excluding hydrogens is 158 g/mol. The zero-order chi connectivity index (χ0) is 10.2. The van der Waals surface area contributed by atoms with Gasteiger partial charge < -0.3 is 4.90 Å². The lowest BCUT2D eigenvalue weighted by Gasteiger charge is -2.33. The minimum Gasteiger partial charge on any atom is -0.372 e. The molecule has 1 aliphatic rings. The molecule has 1 rings (SSSR count). The van der Waals surface area contributed by atoms with Gasteiger partial charge in [0, 0.05) is 18.3 Å². The molecule has 0 aromatic heterocycles. The number of likely N-dealkylation sites (tertiary alicyclic amines) is 1. The molecule has 1 heteroatoms. The maximum Gasteiger partial charge on any atom is 0.0310 e. The lowest BCUT2D eigenvalue weighted by atomic mass is 9.86. The summed E-state index contributed by atoms with van der Waals surface area (Å²) in [4.78, 5) is 2.48. The van der Waals surface area contributed by atoms with Crippen molar-refractivity contribution in [1.82, 2.24) is 4.90 Å². The summed E-state index contributed by atoms with van der Waals surface area (Å²) < 4.78 is 0. The summed E-state index contributed by atoms with van der Waals surface area (Å²) >= 11 is 0. The van der Waals surface area contributed by atoms with E-state index in [-0.39, 0.29) is 0 Å².